The summed E-state index contributed by atoms with van der Waals surface area (Å²) in [4.78, 5) is 20.0. The van der Waals surface area contributed by atoms with Gasteiger partial charge < -0.3 is 15.4 Å². The predicted octanol–water partition coefficient (Wildman–Crippen LogP) is 3.54. The molecule has 1 aromatic heterocycles. The van der Waals surface area contributed by atoms with Gasteiger partial charge in [-0.1, -0.05) is 26.2 Å². The topological polar surface area (TPSA) is 76.1 Å². The van der Waals surface area contributed by atoms with E-state index in [0.29, 0.717) is 19.0 Å². The van der Waals surface area contributed by atoms with Crippen molar-refractivity contribution in [2.75, 3.05) is 18.4 Å². The van der Waals surface area contributed by atoms with Crippen LogP contribution in [0.4, 0.5) is 10.7 Å². The molecule has 0 saturated carbocycles. The Morgan fingerprint density at radius 1 is 1.13 bits per heavy atom. The van der Waals surface area contributed by atoms with Gasteiger partial charge in [0.2, 0.25) is 5.95 Å². The molecule has 0 aliphatic heterocycles. The van der Waals surface area contributed by atoms with E-state index < -0.39 is 11.7 Å². The van der Waals surface area contributed by atoms with Gasteiger partial charge in [-0.2, -0.15) is 0 Å². The van der Waals surface area contributed by atoms with Crippen molar-refractivity contribution in [1.82, 2.24) is 15.3 Å². The Kier molecular flexibility index (Phi) is 8.37. The Morgan fingerprint density at radius 2 is 1.83 bits per heavy atom. The van der Waals surface area contributed by atoms with Gasteiger partial charge in [-0.05, 0) is 39.2 Å². The minimum absolute atomic E-state index is 0.414. The largest absolute Gasteiger partial charge is 0.444 e. The lowest BCUT2D eigenvalue weighted by molar-refractivity contribution is 0.0530. The van der Waals surface area contributed by atoms with E-state index in [4.69, 9.17) is 4.74 Å². The molecule has 1 heterocycles. The highest BCUT2D eigenvalue weighted by Gasteiger charge is 2.15. The van der Waals surface area contributed by atoms with E-state index in [1.54, 1.807) is 0 Å². The van der Waals surface area contributed by atoms with Crippen LogP contribution < -0.4 is 10.6 Å². The van der Waals surface area contributed by atoms with Crippen molar-refractivity contribution in [1.29, 1.82) is 0 Å². The van der Waals surface area contributed by atoms with Crippen molar-refractivity contribution in [3.05, 3.63) is 18.0 Å². The molecule has 0 atom stereocenters. The Labute approximate surface area is 139 Å². The highest BCUT2D eigenvalue weighted by Crippen LogP contribution is 2.08. The molecule has 0 aromatic carbocycles. The summed E-state index contributed by atoms with van der Waals surface area (Å²) in [5.41, 5.74) is 0.687. The number of anilines is 1. The fourth-order valence-electron chi connectivity index (χ4n) is 1.98. The van der Waals surface area contributed by atoms with Gasteiger partial charge in [0, 0.05) is 25.5 Å². The van der Waals surface area contributed by atoms with Crippen molar-refractivity contribution >= 4 is 12.0 Å². The summed E-state index contributed by atoms with van der Waals surface area (Å²) in [5, 5.41) is 5.76. The number of aromatic nitrogens is 2. The number of rotatable bonds is 9. The molecule has 0 unspecified atom stereocenters. The molecule has 6 heteroatoms. The van der Waals surface area contributed by atoms with Gasteiger partial charge in [0.05, 0.1) is 0 Å². The van der Waals surface area contributed by atoms with Gasteiger partial charge in [-0.3, -0.25) is 0 Å². The second kappa shape index (κ2) is 10.0. The molecule has 1 aromatic rings. The summed E-state index contributed by atoms with van der Waals surface area (Å²) < 4.78 is 5.15. The Bertz CT molecular complexity index is 455. The maximum atomic E-state index is 11.5. The average molecular weight is 322 g/mol. The van der Waals surface area contributed by atoms with Crippen LogP contribution in [0, 0.1) is 0 Å². The first-order valence-electron chi connectivity index (χ1n) is 8.42. The number of unbranched alkanes of at least 4 members (excludes halogenated alkanes) is 3. The van der Waals surface area contributed by atoms with E-state index in [2.05, 4.69) is 27.5 Å². The van der Waals surface area contributed by atoms with Gasteiger partial charge in [-0.15, -0.1) is 0 Å². The zero-order chi connectivity index (χ0) is 17.1. The van der Waals surface area contributed by atoms with Crippen molar-refractivity contribution in [3.63, 3.8) is 0 Å². The van der Waals surface area contributed by atoms with Crippen LogP contribution in [0.5, 0.6) is 0 Å². The lowest BCUT2D eigenvalue weighted by Gasteiger charge is -2.19. The third-order valence-electron chi connectivity index (χ3n) is 3.10. The fourth-order valence-corrected chi connectivity index (χ4v) is 1.98. The number of nitrogens with one attached hydrogen (secondary N) is 2. The molecule has 1 amide bonds. The van der Waals surface area contributed by atoms with Crippen molar-refractivity contribution in [3.8, 4) is 0 Å². The van der Waals surface area contributed by atoms with Crippen LogP contribution in [0.25, 0.3) is 0 Å². The lowest BCUT2D eigenvalue weighted by Crippen LogP contribution is -2.35. The molecule has 130 valence electrons. The minimum atomic E-state index is -0.479. The van der Waals surface area contributed by atoms with Crippen molar-refractivity contribution < 1.29 is 9.53 Å². The van der Waals surface area contributed by atoms with Gasteiger partial charge >= 0.3 is 6.09 Å². The number of carbonyl (C=O) groups is 1. The van der Waals surface area contributed by atoms with E-state index in [9.17, 15) is 4.79 Å². The summed E-state index contributed by atoms with van der Waals surface area (Å²) in [6.07, 6.45) is 9.31. The summed E-state index contributed by atoms with van der Waals surface area (Å²) in [7, 11) is 0. The maximum Gasteiger partial charge on any atom is 0.407 e. The number of nitrogens with zero attached hydrogens (tertiary/aromatic N) is 2. The Hall–Kier alpha value is -1.85. The van der Waals surface area contributed by atoms with Crippen LogP contribution >= 0.6 is 0 Å². The first-order chi connectivity index (χ1) is 10.9. The van der Waals surface area contributed by atoms with Crippen LogP contribution in [0.2, 0.25) is 0 Å². The Morgan fingerprint density at radius 3 is 2.43 bits per heavy atom. The number of alkyl carbamates (subject to hydrolysis) is 1. The zero-order valence-corrected chi connectivity index (χ0v) is 14.8. The van der Waals surface area contributed by atoms with Crippen molar-refractivity contribution in [2.24, 2.45) is 0 Å². The second-order valence-corrected chi connectivity index (χ2v) is 6.58. The normalized spacial score (nSPS) is 11.1. The average Bonchev–Trinajstić information content (AvgIpc) is 2.48. The maximum absolute atomic E-state index is 11.5. The number of hydrogen-bond acceptors (Lipinski definition) is 5. The lowest BCUT2D eigenvalue weighted by atomic mass is 10.1. The molecule has 0 bridgehead atoms. The third-order valence-corrected chi connectivity index (χ3v) is 3.10. The van der Waals surface area contributed by atoms with Crippen LogP contribution in [0.15, 0.2) is 12.4 Å². The molecule has 6 nitrogen and oxygen atoms in total. The summed E-state index contributed by atoms with van der Waals surface area (Å²) >= 11 is 0. The van der Waals surface area contributed by atoms with E-state index >= 15 is 0 Å². The smallest absolute Gasteiger partial charge is 0.407 e. The number of amides is 1. The van der Waals surface area contributed by atoms with Crippen LogP contribution in [-0.2, 0) is 11.2 Å². The quantitative estimate of drug-likeness (QED) is 0.680. The van der Waals surface area contributed by atoms with Gasteiger partial charge in [0.25, 0.3) is 0 Å². The Balaban J connectivity index is 2.19. The van der Waals surface area contributed by atoms with Crippen LogP contribution in [0.1, 0.15) is 58.9 Å². The van der Waals surface area contributed by atoms with Crippen LogP contribution in [-0.4, -0.2) is 34.8 Å². The molecule has 0 fully saturated rings. The number of carbonyl (C=O) groups excluding carboxylic acids is 1. The van der Waals surface area contributed by atoms with Gasteiger partial charge in [-0.25, -0.2) is 14.8 Å². The molecular weight excluding hydrogens is 292 g/mol. The standard InChI is InChI=1S/C17H30N4O2/c1-5-6-7-8-9-14-12-20-15(21-13-14)18-10-11-19-16(22)23-17(2,3)4/h12-13H,5-11H2,1-4H3,(H,19,22)(H,18,20,21). The molecule has 0 aliphatic carbocycles. The van der Waals surface area contributed by atoms with Crippen LogP contribution in [0.3, 0.4) is 0 Å². The molecule has 0 radical (unpaired) electrons. The van der Waals surface area contributed by atoms with E-state index in [-0.39, 0.29) is 0 Å². The second-order valence-electron chi connectivity index (χ2n) is 6.58. The summed E-state index contributed by atoms with van der Waals surface area (Å²) in [5.74, 6) is 0.577. The molecule has 0 spiro atoms. The fraction of sp³-hybridized carbons (Fsp3) is 0.706. The number of ether oxygens (including phenoxy) is 1. The molecule has 0 aliphatic rings. The highest BCUT2D eigenvalue weighted by atomic mass is 16.6. The van der Waals surface area contributed by atoms with Gasteiger partial charge in [0.1, 0.15) is 5.60 Å². The van der Waals surface area contributed by atoms with E-state index in [1.807, 2.05) is 33.2 Å². The first kappa shape index (κ1) is 19.2. The van der Waals surface area contributed by atoms with Crippen molar-refractivity contribution in [2.45, 2.75) is 65.4 Å². The third kappa shape index (κ3) is 9.71. The van der Waals surface area contributed by atoms with Gasteiger partial charge in [0.15, 0.2) is 0 Å². The minimum Gasteiger partial charge on any atom is -0.444 e. The van der Waals surface area contributed by atoms with E-state index in [1.165, 1.54) is 31.2 Å². The number of aryl methyl sites for hydroxylation is 1. The summed E-state index contributed by atoms with van der Waals surface area (Å²) in [6.45, 7) is 8.72. The highest BCUT2D eigenvalue weighted by molar-refractivity contribution is 5.67. The molecule has 1 rings (SSSR count). The molecular formula is C17H30N4O2. The predicted molar refractivity (Wildman–Crippen MR) is 92.6 cm³/mol. The first-order valence-corrected chi connectivity index (χ1v) is 8.42. The molecule has 23 heavy (non-hydrogen) atoms. The SMILES string of the molecule is CCCCCCc1cnc(NCCNC(=O)OC(C)(C)C)nc1. The number of hydrogen-bond donors (Lipinski definition) is 2. The zero-order valence-electron chi connectivity index (χ0n) is 14.8. The van der Waals surface area contributed by atoms with E-state index in [0.717, 1.165) is 6.42 Å². The monoisotopic (exact) mass is 322 g/mol. The molecule has 2 N–H and O–H groups in total. The summed E-state index contributed by atoms with van der Waals surface area (Å²) in [6, 6.07) is 0. The molecule has 0 saturated heterocycles.